The van der Waals surface area contributed by atoms with E-state index in [0.717, 1.165) is 32.1 Å². The third kappa shape index (κ3) is 6.68. The van der Waals surface area contributed by atoms with E-state index in [0.29, 0.717) is 31.6 Å². The summed E-state index contributed by atoms with van der Waals surface area (Å²) in [6.45, 7) is 16.8. The summed E-state index contributed by atoms with van der Waals surface area (Å²) in [4.78, 5) is 46.4. The lowest BCUT2D eigenvalue weighted by Crippen LogP contribution is -2.61. The zero-order chi connectivity index (χ0) is 23.0. The van der Waals surface area contributed by atoms with Crippen LogP contribution in [0.2, 0.25) is 0 Å². The van der Waals surface area contributed by atoms with E-state index in [9.17, 15) is 9.59 Å². The van der Waals surface area contributed by atoms with Crippen molar-refractivity contribution >= 4 is 11.9 Å². The van der Waals surface area contributed by atoms with Crippen LogP contribution in [0.5, 0.6) is 0 Å². The molecule has 6 nitrogen and oxygen atoms in total. The number of rotatable bonds is 12. The van der Waals surface area contributed by atoms with Crippen molar-refractivity contribution < 1.29 is 29.1 Å². The van der Waals surface area contributed by atoms with E-state index in [4.69, 9.17) is 19.6 Å². The van der Waals surface area contributed by atoms with Gasteiger partial charge >= 0.3 is 11.9 Å². The summed E-state index contributed by atoms with van der Waals surface area (Å²) >= 11 is 0. The van der Waals surface area contributed by atoms with Crippen LogP contribution >= 0.6 is 0 Å². The fourth-order valence-electron chi connectivity index (χ4n) is 4.66. The van der Waals surface area contributed by atoms with Gasteiger partial charge in [-0.25, -0.2) is 29.1 Å². The van der Waals surface area contributed by atoms with E-state index in [2.05, 4.69) is 34.6 Å². The molecule has 6 heteroatoms. The molecule has 1 aliphatic heterocycles. The van der Waals surface area contributed by atoms with Gasteiger partial charge in [0.25, 0.3) is 0 Å². The zero-order valence-electron chi connectivity index (χ0n) is 20.5. The van der Waals surface area contributed by atoms with Gasteiger partial charge in [-0.3, -0.25) is 0 Å². The minimum absolute atomic E-state index is 0.184. The van der Waals surface area contributed by atoms with E-state index in [1.165, 1.54) is 0 Å². The van der Waals surface area contributed by atoms with Crippen LogP contribution in [0.1, 0.15) is 113 Å². The first-order chi connectivity index (χ1) is 14.0. The molecule has 0 aromatic heterocycles. The minimum Gasteiger partial charge on any atom is -0.247 e. The summed E-state index contributed by atoms with van der Waals surface area (Å²) in [6, 6.07) is 0. The number of hydrogen-bond acceptors (Lipinski definition) is 6. The lowest BCUT2D eigenvalue weighted by Gasteiger charge is -2.43. The second kappa shape index (κ2) is 11.5. The Balaban J connectivity index is 2.87. The summed E-state index contributed by atoms with van der Waals surface area (Å²) in [5, 5.41) is 0. The van der Waals surface area contributed by atoms with Crippen LogP contribution in [-0.4, -0.2) is 23.6 Å². The molecule has 1 saturated heterocycles. The largest absolute Gasteiger partial charge is 0.393 e. The van der Waals surface area contributed by atoms with Gasteiger partial charge in [-0.05, 0) is 49.9 Å². The molecule has 0 aromatic carbocycles. The van der Waals surface area contributed by atoms with E-state index < -0.39 is 23.0 Å². The molecule has 0 radical (unpaired) electrons. The maximum Gasteiger partial charge on any atom is 0.393 e. The van der Waals surface area contributed by atoms with Gasteiger partial charge in [0, 0.05) is 0 Å². The van der Waals surface area contributed by atoms with E-state index in [-0.39, 0.29) is 11.5 Å². The third-order valence-electron chi connectivity index (χ3n) is 6.27. The van der Waals surface area contributed by atoms with Gasteiger partial charge in [-0.15, -0.1) is 0 Å². The number of carbonyl (C=O) groups is 2. The first kappa shape index (κ1) is 26.9. The molecule has 0 amide bonds. The number of hydrogen-bond donors (Lipinski definition) is 0. The van der Waals surface area contributed by atoms with Crippen molar-refractivity contribution in [2.45, 2.75) is 125 Å². The lowest BCUT2D eigenvalue weighted by atomic mass is 9.71. The van der Waals surface area contributed by atoms with E-state index in [1.807, 2.05) is 20.8 Å². The summed E-state index contributed by atoms with van der Waals surface area (Å²) < 4.78 is 0. The Morgan fingerprint density at radius 3 is 2.13 bits per heavy atom. The monoisotopic (exact) mass is 428 g/mol. The predicted molar refractivity (Wildman–Crippen MR) is 116 cm³/mol. The highest BCUT2D eigenvalue weighted by molar-refractivity contribution is 5.82. The molecule has 0 N–H and O–H groups in total. The Bertz CT molecular complexity index is 550. The van der Waals surface area contributed by atoms with Crippen LogP contribution in [0.4, 0.5) is 0 Å². The molecular weight excluding hydrogens is 384 g/mol. The summed E-state index contributed by atoms with van der Waals surface area (Å²) in [7, 11) is 0. The highest BCUT2D eigenvalue weighted by atomic mass is 17.3. The first-order valence-electron chi connectivity index (χ1n) is 11.8. The van der Waals surface area contributed by atoms with Crippen molar-refractivity contribution in [2.75, 3.05) is 0 Å². The second-order valence-corrected chi connectivity index (χ2v) is 10.3. The van der Waals surface area contributed by atoms with Crippen molar-refractivity contribution in [3.05, 3.63) is 0 Å². The van der Waals surface area contributed by atoms with Gasteiger partial charge < -0.3 is 0 Å². The quantitative estimate of drug-likeness (QED) is 0.268. The molecule has 1 fully saturated rings. The van der Waals surface area contributed by atoms with Gasteiger partial charge in [0.05, 0.1) is 5.41 Å². The maximum absolute atomic E-state index is 13.2. The Morgan fingerprint density at radius 2 is 1.70 bits per heavy atom. The van der Waals surface area contributed by atoms with Gasteiger partial charge in [-0.1, -0.05) is 74.7 Å². The third-order valence-corrected chi connectivity index (χ3v) is 6.27. The molecule has 0 aliphatic carbocycles. The van der Waals surface area contributed by atoms with Gasteiger partial charge in [0.15, 0.2) is 0 Å². The molecule has 0 saturated carbocycles. The Hall–Kier alpha value is -1.14. The van der Waals surface area contributed by atoms with Crippen molar-refractivity contribution in [1.82, 2.24) is 0 Å². The lowest BCUT2D eigenvalue weighted by molar-refractivity contribution is -0.502. The Kier molecular flexibility index (Phi) is 10.3. The average Bonchev–Trinajstić information content (AvgIpc) is 2.65. The molecule has 4 unspecified atom stereocenters. The van der Waals surface area contributed by atoms with Gasteiger partial charge in [-0.2, -0.15) is 0 Å². The fourth-order valence-corrected chi connectivity index (χ4v) is 4.66. The SMILES string of the molecule is CCCCC(CC)(CC(C)CC(C)(C)C)C(=O)OOC(=O)C1(CC)OOC1CCC. The topological polar surface area (TPSA) is 71.1 Å². The highest BCUT2D eigenvalue weighted by Gasteiger charge is 2.58. The van der Waals surface area contributed by atoms with Crippen molar-refractivity contribution in [3.8, 4) is 0 Å². The normalized spacial score (nSPS) is 24.5. The van der Waals surface area contributed by atoms with Crippen LogP contribution < -0.4 is 0 Å². The number of carbonyl (C=O) groups excluding carboxylic acids is 2. The molecule has 1 aliphatic rings. The van der Waals surface area contributed by atoms with E-state index >= 15 is 0 Å². The molecule has 0 bridgehead atoms. The molecule has 0 aromatic rings. The van der Waals surface area contributed by atoms with Crippen molar-refractivity contribution in [1.29, 1.82) is 0 Å². The molecule has 30 heavy (non-hydrogen) atoms. The van der Waals surface area contributed by atoms with Crippen LogP contribution in [0.25, 0.3) is 0 Å². The smallest absolute Gasteiger partial charge is 0.247 e. The van der Waals surface area contributed by atoms with Gasteiger partial charge in [0.1, 0.15) is 6.10 Å². The van der Waals surface area contributed by atoms with Crippen LogP contribution in [0.15, 0.2) is 0 Å². The molecular formula is C24H44O6. The second-order valence-electron chi connectivity index (χ2n) is 10.3. The first-order valence-corrected chi connectivity index (χ1v) is 11.8. The number of unbranched alkanes of at least 4 members (excludes halogenated alkanes) is 1. The Morgan fingerprint density at radius 1 is 1.03 bits per heavy atom. The fraction of sp³-hybridized carbons (Fsp3) is 0.917. The molecule has 4 atom stereocenters. The molecule has 1 heterocycles. The average molecular weight is 429 g/mol. The predicted octanol–water partition coefficient (Wildman–Crippen LogP) is 6.32. The summed E-state index contributed by atoms with van der Waals surface area (Å²) in [5.74, 6) is -0.790. The standard InChI is InChI=1S/C24H44O6/c1-9-13-15-23(11-3,17-18(5)16-22(6,7)8)20(25)28-29-21(26)24(12-4)19(14-10-2)27-30-24/h18-19H,9-17H2,1-8H3. The van der Waals surface area contributed by atoms with Crippen LogP contribution in [-0.2, 0) is 29.1 Å². The highest BCUT2D eigenvalue weighted by Crippen LogP contribution is 2.41. The Labute approximate surface area is 183 Å². The minimum atomic E-state index is -1.19. The summed E-state index contributed by atoms with van der Waals surface area (Å²) in [5.41, 5.74) is -1.66. The summed E-state index contributed by atoms with van der Waals surface area (Å²) in [6.07, 6.45) is 6.56. The molecule has 176 valence electrons. The van der Waals surface area contributed by atoms with Gasteiger partial charge in [0.2, 0.25) is 5.60 Å². The molecule has 0 spiro atoms. The zero-order valence-corrected chi connectivity index (χ0v) is 20.5. The van der Waals surface area contributed by atoms with Crippen LogP contribution in [0, 0.1) is 16.7 Å². The van der Waals surface area contributed by atoms with E-state index in [1.54, 1.807) is 0 Å². The van der Waals surface area contributed by atoms with Crippen molar-refractivity contribution in [3.63, 3.8) is 0 Å². The van der Waals surface area contributed by atoms with Crippen molar-refractivity contribution in [2.24, 2.45) is 16.7 Å². The maximum atomic E-state index is 13.2. The van der Waals surface area contributed by atoms with Crippen LogP contribution in [0.3, 0.4) is 0 Å². The molecule has 1 rings (SSSR count).